The van der Waals surface area contributed by atoms with E-state index in [1.807, 2.05) is 0 Å². The molecule has 0 saturated carbocycles. The Morgan fingerprint density at radius 1 is 1.38 bits per heavy atom. The van der Waals surface area contributed by atoms with Crippen molar-refractivity contribution >= 4 is 5.91 Å². The van der Waals surface area contributed by atoms with Crippen molar-refractivity contribution < 1.29 is 9.90 Å². The predicted molar refractivity (Wildman–Crippen MR) is 51.6 cm³/mol. The van der Waals surface area contributed by atoms with Crippen LogP contribution in [0.25, 0.3) is 0 Å². The second-order valence-electron chi connectivity index (χ2n) is 3.69. The van der Waals surface area contributed by atoms with Crippen LogP contribution in [0.3, 0.4) is 0 Å². The number of hydrazine groups is 1. The quantitative estimate of drug-likeness (QED) is 0.321. The van der Waals surface area contributed by atoms with Crippen LogP contribution in [0.1, 0.15) is 33.1 Å². The molecule has 0 aromatic heterocycles. The molecule has 0 heterocycles. The Morgan fingerprint density at radius 3 is 2.38 bits per heavy atom. The number of aliphatic hydroxyl groups is 1. The maximum atomic E-state index is 11.2. The SMILES string of the molecule is CC(C)CCC(CCO)C(=O)NN. The van der Waals surface area contributed by atoms with E-state index in [0.29, 0.717) is 12.3 Å². The molecule has 4 nitrogen and oxygen atoms in total. The van der Waals surface area contributed by atoms with Gasteiger partial charge < -0.3 is 5.11 Å². The van der Waals surface area contributed by atoms with Crippen molar-refractivity contribution in [2.24, 2.45) is 17.7 Å². The highest BCUT2D eigenvalue weighted by Gasteiger charge is 2.16. The fourth-order valence-corrected chi connectivity index (χ4v) is 1.21. The fraction of sp³-hybridized carbons (Fsp3) is 0.889. The topological polar surface area (TPSA) is 75.3 Å². The summed E-state index contributed by atoms with van der Waals surface area (Å²) in [6.07, 6.45) is 2.27. The molecule has 4 N–H and O–H groups in total. The maximum absolute atomic E-state index is 11.2. The Balaban J connectivity index is 3.86. The van der Waals surface area contributed by atoms with Gasteiger partial charge in [-0.25, -0.2) is 5.84 Å². The van der Waals surface area contributed by atoms with Crippen molar-refractivity contribution in [3.05, 3.63) is 0 Å². The second kappa shape index (κ2) is 6.86. The third kappa shape index (κ3) is 5.60. The van der Waals surface area contributed by atoms with Gasteiger partial charge >= 0.3 is 0 Å². The number of nitrogens with one attached hydrogen (secondary N) is 1. The molecule has 1 unspecified atom stereocenters. The molecule has 13 heavy (non-hydrogen) atoms. The van der Waals surface area contributed by atoms with Crippen LogP contribution in [0.5, 0.6) is 0 Å². The number of rotatable bonds is 6. The van der Waals surface area contributed by atoms with Crippen molar-refractivity contribution in [3.63, 3.8) is 0 Å². The zero-order valence-electron chi connectivity index (χ0n) is 8.42. The number of aliphatic hydroxyl groups excluding tert-OH is 1. The number of hydrogen-bond donors (Lipinski definition) is 3. The summed E-state index contributed by atoms with van der Waals surface area (Å²) < 4.78 is 0. The molecule has 0 radical (unpaired) electrons. The number of carbonyl (C=O) groups excluding carboxylic acids is 1. The van der Waals surface area contributed by atoms with Gasteiger partial charge in [0.2, 0.25) is 5.91 Å². The molecule has 0 rings (SSSR count). The average molecular weight is 188 g/mol. The van der Waals surface area contributed by atoms with Gasteiger partial charge in [-0.05, 0) is 18.8 Å². The summed E-state index contributed by atoms with van der Waals surface area (Å²) in [5.41, 5.74) is 2.12. The highest BCUT2D eigenvalue weighted by Crippen LogP contribution is 2.15. The van der Waals surface area contributed by atoms with E-state index in [2.05, 4.69) is 19.3 Å². The summed E-state index contributed by atoms with van der Waals surface area (Å²) in [5.74, 6) is 5.29. The van der Waals surface area contributed by atoms with Gasteiger partial charge in [-0.2, -0.15) is 0 Å². The fourth-order valence-electron chi connectivity index (χ4n) is 1.21. The summed E-state index contributed by atoms with van der Waals surface area (Å²) in [4.78, 5) is 11.2. The minimum Gasteiger partial charge on any atom is -0.396 e. The molecular weight excluding hydrogens is 168 g/mol. The lowest BCUT2D eigenvalue weighted by Crippen LogP contribution is -2.36. The molecule has 0 fully saturated rings. The Kier molecular flexibility index (Phi) is 6.54. The lowest BCUT2D eigenvalue weighted by Gasteiger charge is -2.14. The summed E-state index contributed by atoms with van der Waals surface area (Å²) in [7, 11) is 0. The third-order valence-corrected chi connectivity index (χ3v) is 2.08. The van der Waals surface area contributed by atoms with Gasteiger partial charge in [0.1, 0.15) is 0 Å². The first-order valence-corrected chi connectivity index (χ1v) is 4.73. The number of carbonyl (C=O) groups is 1. The van der Waals surface area contributed by atoms with Crippen LogP contribution in [-0.4, -0.2) is 17.6 Å². The minimum absolute atomic E-state index is 0.0379. The van der Waals surface area contributed by atoms with Crippen LogP contribution in [0.4, 0.5) is 0 Å². The second-order valence-corrected chi connectivity index (χ2v) is 3.69. The largest absolute Gasteiger partial charge is 0.396 e. The number of nitrogens with two attached hydrogens (primary N) is 1. The van der Waals surface area contributed by atoms with Crippen molar-refractivity contribution in [1.29, 1.82) is 0 Å². The molecule has 78 valence electrons. The van der Waals surface area contributed by atoms with Crippen LogP contribution < -0.4 is 11.3 Å². The van der Waals surface area contributed by atoms with E-state index < -0.39 is 0 Å². The summed E-state index contributed by atoms with van der Waals surface area (Å²) in [6, 6.07) is 0. The van der Waals surface area contributed by atoms with E-state index in [1.54, 1.807) is 0 Å². The summed E-state index contributed by atoms with van der Waals surface area (Å²) in [5, 5.41) is 8.73. The van der Waals surface area contributed by atoms with E-state index in [1.165, 1.54) is 0 Å². The Bertz CT molecular complexity index is 149. The zero-order valence-corrected chi connectivity index (χ0v) is 8.42. The third-order valence-electron chi connectivity index (χ3n) is 2.08. The van der Waals surface area contributed by atoms with Crippen LogP contribution in [0.15, 0.2) is 0 Å². The van der Waals surface area contributed by atoms with Gasteiger partial charge in [0.15, 0.2) is 0 Å². The van der Waals surface area contributed by atoms with Crippen molar-refractivity contribution in [2.75, 3.05) is 6.61 Å². The highest BCUT2D eigenvalue weighted by molar-refractivity contribution is 5.77. The number of hydrogen-bond acceptors (Lipinski definition) is 3. The van der Waals surface area contributed by atoms with Crippen molar-refractivity contribution in [2.45, 2.75) is 33.1 Å². The molecule has 0 aromatic rings. The van der Waals surface area contributed by atoms with Crippen LogP contribution in [-0.2, 0) is 4.79 Å². The van der Waals surface area contributed by atoms with Gasteiger partial charge in [0.05, 0.1) is 0 Å². The summed E-state index contributed by atoms with van der Waals surface area (Å²) in [6.45, 7) is 4.25. The van der Waals surface area contributed by atoms with E-state index >= 15 is 0 Å². The van der Waals surface area contributed by atoms with Crippen molar-refractivity contribution in [3.8, 4) is 0 Å². The first-order chi connectivity index (χ1) is 6.11. The maximum Gasteiger partial charge on any atom is 0.237 e. The molecule has 0 spiro atoms. The molecule has 1 amide bonds. The lowest BCUT2D eigenvalue weighted by molar-refractivity contribution is -0.125. The first-order valence-electron chi connectivity index (χ1n) is 4.73. The standard InChI is InChI=1S/C9H20N2O2/c1-7(2)3-4-8(5-6-12)9(13)11-10/h7-8,12H,3-6,10H2,1-2H3,(H,11,13). The molecule has 0 saturated heterocycles. The molecular formula is C9H20N2O2. The van der Waals surface area contributed by atoms with E-state index in [9.17, 15) is 4.79 Å². The molecule has 0 aliphatic rings. The predicted octanol–water partition coefficient (Wildman–Crippen LogP) is 0.411. The molecule has 4 heteroatoms. The average Bonchev–Trinajstić information content (AvgIpc) is 2.10. The Hall–Kier alpha value is -0.610. The Labute approximate surface area is 79.5 Å². The van der Waals surface area contributed by atoms with Crippen LogP contribution >= 0.6 is 0 Å². The van der Waals surface area contributed by atoms with Gasteiger partial charge in [-0.3, -0.25) is 10.2 Å². The molecule has 0 bridgehead atoms. The minimum atomic E-state index is -0.172. The number of amides is 1. The van der Waals surface area contributed by atoms with Gasteiger partial charge in [0.25, 0.3) is 0 Å². The van der Waals surface area contributed by atoms with E-state index in [0.717, 1.165) is 12.8 Å². The van der Waals surface area contributed by atoms with E-state index in [4.69, 9.17) is 10.9 Å². The summed E-state index contributed by atoms with van der Waals surface area (Å²) >= 11 is 0. The molecule has 0 aliphatic carbocycles. The highest BCUT2D eigenvalue weighted by atomic mass is 16.3. The monoisotopic (exact) mass is 188 g/mol. The zero-order chi connectivity index (χ0) is 10.3. The van der Waals surface area contributed by atoms with Gasteiger partial charge in [-0.1, -0.05) is 20.3 Å². The molecule has 1 atom stereocenters. The molecule has 0 aromatic carbocycles. The van der Waals surface area contributed by atoms with Crippen molar-refractivity contribution in [1.82, 2.24) is 5.43 Å². The van der Waals surface area contributed by atoms with E-state index in [-0.39, 0.29) is 18.4 Å². The normalized spacial score (nSPS) is 13.0. The van der Waals surface area contributed by atoms with Gasteiger partial charge in [0, 0.05) is 12.5 Å². The first kappa shape index (κ1) is 12.4. The van der Waals surface area contributed by atoms with Crippen LogP contribution in [0.2, 0.25) is 0 Å². The van der Waals surface area contributed by atoms with Crippen LogP contribution in [0, 0.1) is 11.8 Å². The lowest BCUT2D eigenvalue weighted by atomic mass is 9.95. The smallest absolute Gasteiger partial charge is 0.237 e. The Morgan fingerprint density at radius 2 is 2.00 bits per heavy atom. The van der Waals surface area contributed by atoms with Gasteiger partial charge in [-0.15, -0.1) is 0 Å². The molecule has 0 aliphatic heterocycles.